The second-order valence-electron chi connectivity index (χ2n) is 2.60. The third-order valence-electron chi connectivity index (χ3n) is 1.24. The third kappa shape index (κ3) is 2.05. The van der Waals surface area contributed by atoms with E-state index in [-0.39, 0.29) is 5.79 Å². The first-order valence-corrected chi connectivity index (χ1v) is 4.54. The van der Waals surface area contributed by atoms with Gasteiger partial charge in [0.05, 0.1) is 12.7 Å². The van der Waals surface area contributed by atoms with Crippen LogP contribution in [-0.4, -0.2) is 22.9 Å². The lowest BCUT2D eigenvalue weighted by Gasteiger charge is -2.15. The molecule has 0 aliphatic carbocycles. The van der Waals surface area contributed by atoms with Gasteiger partial charge in [-0.2, -0.15) is 0 Å². The Morgan fingerprint density at radius 3 is 2.56 bits per heavy atom. The molecule has 1 fully saturated rings. The van der Waals surface area contributed by atoms with Crippen molar-refractivity contribution in [3.63, 3.8) is 0 Å². The molecule has 54 valence electrons. The largest absolute Gasteiger partial charge is 0.348 e. The number of alkyl halides is 1. The van der Waals surface area contributed by atoms with E-state index >= 15 is 0 Å². The minimum Gasteiger partial charge on any atom is -0.348 e. The lowest BCUT2D eigenvalue weighted by atomic mass is 10.4. The van der Waals surface area contributed by atoms with Crippen LogP contribution in [-0.2, 0) is 9.47 Å². The summed E-state index contributed by atoms with van der Waals surface area (Å²) in [5.41, 5.74) is 0. The Hall–Kier alpha value is 0.650. The predicted octanol–water partition coefficient (Wildman–Crippen LogP) is 1.57. The van der Waals surface area contributed by atoms with E-state index in [1.807, 2.05) is 13.8 Å². The number of ether oxygens (including phenoxy) is 2. The molecule has 0 N–H and O–H groups in total. The Bertz CT molecular complexity index is 103. The van der Waals surface area contributed by atoms with Crippen LogP contribution >= 0.6 is 22.6 Å². The summed E-state index contributed by atoms with van der Waals surface area (Å²) in [5, 5.41) is 0. The highest BCUT2D eigenvalue weighted by Crippen LogP contribution is 2.22. The monoisotopic (exact) mass is 242 g/mol. The van der Waals surface area contributed by atoms with Crippen molar-refractivity contribution in [3.8, 4) is 0 Å². The SMILES string of the molecule is CC1(C)OC[C@@H](CI)O1. The van der Waals surface area contributed by atoms with Gasteiger partial charge in [0.15, 0.2) is 5.79 Å². The average molecular weight is 242 g/mol. The highest BCUT2D eigenvalue weighted by atomic mass is 127. The zero-order valence-electron chi connectivity index (χ0n) is 5.69. The quantitative estimate of drug-likeness (QED) is 0.513. The highest BCUT2D eigenvalue weighted by Gasteiger charge is 2.31. The van der Waals surface area contributed by atoms with Crippen molar-refractivity contribution in [2.24, 2.45) is 0 Å². The van der Waals surface area contributed by atoms with Gasteiger partial charge in [0, 0.05) is 4.43 Å². The van der Waals surface area contributed by atoms with E-state index in [1.165, 1.54) is 0 Å². The van der Waals surface area contributed by atoms with E-state index in [9.17, 15) is 0 Å². The standard InChI is InChI=1S/C6H11IO2/c1-6(2)8-4-5(3-7)9-6/h5H,3-4H2,1-2H3/t5-/m1/s1. The van der Waals surface area contributed by atoms with Crippen LogP contribution in [0.25, 0.3) is 0 Å². The van der Waals surface area contributed by atoms with Crippen LogP contribution in [0.4, 0.5) is 0 Å². The highest BCUT2D eigenvalue weighted by molar-refractivity contribution is 14.1. The molecule has 0 bridgehead atoms. The van der Waals surface area contributed by atoms with E-state index < -0.39 is 0 Å². The first-order valence-electron chi connectivity index (χ1n) is 3.02. The van der Waals surface area contributed by atoms with Gasteiger partial charge in [-0.1, -0.05) is 22.6 Å². The summed E-state index contributed by atoms with van der Waals surface area (Å²) in [6.07, 6.45) is 0.306. The van der Waals surface area contributed by atoms with Gasteiger partial charge in [-0.05, 0) is 13.8 Å². The average Bonchev–Trinajstić information content (AvgIpc) is 2.10. The topological polar surface area (TPSA) is 18.5 Å². The molecular formula is C6H11IO2. The summed E-state index contributed by atoms with van der Waals surface area (Å²) >= 11 is 2.30. The first-order chi connectivity index (χ1) is 4.14. The number of halogens is 1. The lowest BCUT2D eigenvalue weighted by Crippen LogP contribution is -2.21. The van der Waals surface area contributed by atoms with E-state index in [0.29, 0.717) is 6.10 Å². The third-order valence-corrected chi connectivity index (χ3v) is 2.22. The van der Waals surface area contributed by atoms with Gasteiger partial charge in [0.1, 0.15) is 0 Å². The van der Waals surface area contributed by atoms with Gasteiger partial charge in [-0.3, -0.25) is 0 Å². The number of hydrogen-bond acceptors (Lipinski definition) is 2. The van der Waals surface area contributed by atoms with E-state index in [2.05, 4.69) is 22.6 Å². The van der Waals surface area contributed by atoms with Gasteiger partial charge in [0.2, 0.25) is 0 Å². The van der Waals surface area contributed by atoms with Gasteiger partial charge >= 0.3 is 0 Å². The molecular weight excluding hydrogens is 231 g/mol. The Morgan fingerprint density at radius 2 is 2.33 bits per heavy atom. The van der Waals surface area contributed by atoms with Crippen molar-refractivity contribution in [1.82, 2.24) is 0 Å². The van der Waals surface area contributed by atoms with Gasteiger partial charge in [-0.25, -0.2) is 0 Å². The van der Waals surface area contributed by atoms with E-state index in [4.69, 9.17) is 9.47 Å². The summed E-state index contributed by atoms with van der Waals surface area (Å²) in [6.45, 7) is 4.63. The molecule has 1 aliphatic heterocycles. The molecule has 0 aromatic carbocycles. The molecule has 1 heterocycles. The summed E-state index contributed by atoms with van der Waals surface area (Å²) in [5.74, 6) is -0.337. The number of rotatable bonds is 1. The molecule has 0 saturated carbocycles. The molecule has 0 unspecified atom stereocenters. The van der Waals surface area contributed by atoms with Crippen molar-refractivity contribution < 1.29 is 9.47 Å². The summed E-state index contributed by atoms with van der Waals surface area (Å²) in [7, 11) is 0. The summed E-state index contributed by atoms with van der Waals surface area (Å²) in [4.78, 5) is 0. The van der Waals surface area contributed by atoms with E-state index in [0.717, 1.165) is 11.0 Å². The van der Waals surface area contributed by atoms with Crippen LogP contribution in [0.2, 0.25) is 0 Å². The number of hydrogen-bond donors (Lipinski definition) is 0. The molecule has 2 nitrogen and oxygen atoms in total. The Kier molecular flexibility index (Phi) is 2.34. The van der Waals surface area contributed by atoms with E-state index in [1.54, 1.807) is 0 Å². The van der Waals surface area contributed by atoms with Gasteiger partial charge in [0.25, 0.3) is 0 Å². The minimum atomic E-state index is -0.337. The summed E-state index contributed by atoms with van der Waals surface area (Å²) < 4.78 is 11.8. The zero-order valence-corrected chi connectivity index (χ0v) is 7.84. The fourth-order valence-electron chi connectivity index (χ4n) is 0.839. The molecule has 0 aromatic rings. The minimum absolute atomic E-state index is 0.306. The maximum absolute atomic E-state index is 5.47. The van der Waals surface area contributed by atoms with Gasteiger partial charge in [-0.15, -0.1) is 0 Å². The van der Waals surface area contributed by atoms with Crippen LogP contribution in [0.5, 0.6) is 0 Å². The lowest BCUT2D eigenvalue weighted by molar-refractivity contribution is -0.135. The molecule has 0 aromatic heterocycles. The van der Waals surface area contributed by atoms with Crippen LogP contribution < -0.4 is 0 Å². The molecule has 1 rings (SSSR count). The Labute approximate surface area is 69.0 Å². The zero-order chi connectivity index (χ0) is 6.91. The van der Waals surface area contributed by atoms with Crippen LogP contribution in [0.15, 0.2) is 0 Å². The molecule has 1 aliphatic rings. The van der Waals surface area contributed by atoms with Crippen LogP contribution in [0, 0.1) is 0 Å². The first kappa shape index (κ1) is 7.75. The van der Waals surface area contributed by atoms with Gasteiger partial charge < -0.3 is 9.47 Å². The summed E-state index contributed by atoms with van der Waals surface area (Å²) in [6, 6.07) is 0. The molecule has 9 heavy (non-hydrogen) atoms. The second kappa shape index (κ2) is 2.72. The van der Waals surface area contributed by atoms with Crippen molar-refractivity contribution in [3.05, 3.63) is 0 Å². The fourth-order valence-corrected chi connectivity index (χ4v) is 1.27. The molecule has 3 heteroatoms. The fraction of sp³-hybridized carbons (Fsp3) is 1.00. The van der Waals surface area contributed by atoms with Crippen molar-refractivity contribution in [1.29, 1.82) is 0 Å². The van der Waals surface area contributed by atoms with Crippen LogP contribution in [0.3, 0.4) is 0 Å². The Balaban J connectivity index is 2.38. The van der Waals surface area contributed by atoms with Crippen molar-refractivity contribution in [2.45, 2.75) is 25.7 Å². The normalized spacial score (nSPS) is 33.0. The molecule has 0 amide bonds. The maximum Gasteiger partial charge on any atom is 0.163 e. The molecule has 0 radical (unpaired) electrons. The second-order valence-corrected chi connectivity index (χ2v) is 3.49. The Morgan fingerprint density at radius 1 is 1.67 bits per heavy atom. The van der Waals surface area contributed by atoms with Crippen molar-refractivity contribution >= 4 is 22.6 Å². The smallest absolute Gasteiger partial charge is 0.163 e. The van der Waals surface area contributed by atoms with Crippen molar-refractivity contribution in [2.75, 3.05) is 11.0 Å². The predicted molar refractivity (Wildman–Crippen MR) is 43.8 cm³/mol. The van der Waals surface area contributed by atoms with Crippen LogP contribution in [0.1, 0.15) is 13.8 Å². The molecule has 1 saturated heterocycles. The molecule has 1 atom stereocenters. The molecule has 0 spiro atoms. The maximum atomic E-state index is 5.47.